The Balaban J connectivity index is 2.32. The van der Waals surface area contributed by atoms with Gasteiger partial charge in [-0.05, 0) is 19.9 Å². The Bertz CT molecular complexity index is 875. The summed E-state index contributed by atoms with van der Waals surface area (Å²) in [7, 11) is -3.60. The maximum Gasteiger partial charge on any atom is 0.363 e. The Labute approximate surface area is 150 Å². The molecule has 0 fully saturated rings. The van der Waals surface area contributed by atoms with Gasteiger partial charge in [-0.3, -0.25) is 0 Å². The highest BCUT2D eigenvalue weighted by molar-refractivity contribution is 7.79. The molecule has 2 nitrogen and oxygen atoms in total. The van der Waals surface area contributed by atoms with Gasteiger partial charge in [0.25, 0.3) is 0 Å². The third-order valence-electron chi connectivity index (χ3n) is 4.72. The van der Waals surface area contributed by atoms with Crippen LogP contribution in [-0.4, -0.2) is 0 Å². The van der Waals surface area contributed by atoms with E-state index >= 15 is 0 Å². The molecule has 0 saturated heterocycles. The molecule has 0 amide bonds. The van der Waals surface area contributed by atoms with Crippen molar-refractivity contribution in [3.63, 3.8) is 0 Å². The molecule has 0 heterocycles. The molecule has 3 aromatic carbocycles. The highest BCUT2D eigenvalue weighted by Crippen LogP contribution is 2.60. The molecule has 0 aliphatic carbocycles. The van der Waals surface area contributed by atoms with Crippen LogP contribution in [0.4, 0.5) is 0 Å². The fourth-order valence-electron chi connectivity index (χ4n) is 3.35. The van der Waals surface area contributed by atoms with E-state index in [-0.39, 0.29) is 0 Å². The van der Waals surface area contributed by atoms with Crippen molar-refractivity contribution >= 4 is 31.5 Å². The Morgan fingerprint density at radius 2 is 1.16 bits per heavy atom. The number of benzene rings is 3. The third kappa shape index (κ3) is 3.01. The minimum Gasteiger partial charge on any atom is -0.313 e. The summed E-state index contributed by atoms with van der Waals surface area (Å²) in [6.45, 7) is 3.99. The Kier molecular flexibility index (Phi) is 5.04. The van der Waals surface area contributed by atoms with Crippen LogP contribution in [-0.2, 0) is 14.3 Å². The molecule has 1 unspecified atom stereocenters. The minimum atomic E-state index is -3.02. The van der Waals surface area contributed by atoms with Gasteiger partial charge in [-0.25, -0.2) is 0 Å². The molecule has 0 saturated carbocycles. The van der Waals surface area contributed by atoms with Crippen LogP contribution in [0.5, 0.6) is 0 Å². The zero-order chi connectivity index (χ0) is 17.9. The first-order chi connectivity index (χ1) is 12.0. The smallest absolute Gasteiger partial charge is 0.313 e. The summed E-state index contributed by atoms with van der Waals surface area (Å²) in [5, 5.41) is 1.68. The normalized spacial score (nSPS) is 12.2. The molecule has 4 heteroatoms. The lowest BCUT2D eigenvalue weighted by molar-refractivity contribution is 0.560. The lowest BCUT2D eigenvalue weighted by Crippen LogP contribution is -2.33. The molecule has 0 aliphatic heterocycles. The maximum absolute atomic E-state index is 14.6. The summed E-state index contributed by atoms with van der Waals surface area (Å²) < 4.78 is 26.3. The van der Waals surface area contributed by atoms with E-state index in [9.17, 15) is 9.13 Å². The van der Waals surface area contributed by atoms with Crippen molar-refractivity contribution in [3.8, 4) is 0 Å². The van der Waals surface area contributed by atoms with Gasteiger partial charge in [0.05, 0.1) is 5.16 Å². The van der Waals surface area contributed by atoms with Crippen molar-refractivity contribution in [2.45, 2.75) is 19.0 Å². The molecule has 0 radical (unpaired) electrons. The highest BCUT2D eigenvalue weighted by atomic mass is 31.2. The topological polar surface area (TPSA) is 34.1 Å². The van der Waals surface area contributed by atoms with Crippen molar-refractivity contribution < 1.29 is 9.13 Å². The lowest BCUT2D eigenvalue weighted by Gasteiger charge is -2.35. The van der Waals surface area contributed by atoms with E-state index in [2.05, 4.69) is 0 Å². The zero-order valence-electron chi connectivity index (χ0n) is 14.3. The Morgan fingerprint density at radius 3 is 1.64 bits per heavy atom. The largest absolute Gasteiger partial charge is 0.363 e. The van der Waals surface area contributed by atoms with E-state index in [1.165, 1.54) is 0 Å². The van der Waals surface area contributed by atoms with Gasteiger partial charge < -0.3 is 4.57 Å². The molecule has 0 aromatic heterocycles. The maximum atomic E-state index is 14.6. The van der Waals surface area contributed by atoms with Crippen LogP contribution in [0.3, 0.4) is 0 Å². The van der Waals surface area contributed by atoms with Gasteiger partial charge in [0.1, 0.15) is 0 Å². The predicted molar refractivity (Wildman–Crippen MR) is 108 cm³/mol. The van der Waals surface area contributed by atoms with Gasteiger partial charge in [0, 0.05) is 16.2 Å². The van der Waals surface area contributed by atoms with Crippen molar-refractivity contribution in [2.24, 2.45) is 0 Å². The predicted octanol–water partition coefficient (Wildman–Crippen LogP) is 4.59. The number of hydrogen-bond acceptors (Lipinski definition) is 2. The van der Waals surface area contributed by atoms with Crippen LogP contribution in [0.1, 0.15) is 19.4 Å². The molecular weight excluding hydrogens is 346 g/mol. The summed E-state index contributed by atoms with van der Waals surface area (Å²) in [6.07, 6.45) is 0. The Morgan fingerprint density at radius 1 is 0.720 bits per heavy atom. The van der Waals surface area contributed by atoms with Crippen molar-refractivity contribution in [1.82, 2.24) is 0 Å². The van der Waals surface area contributed by atoms with E-state index in [1.807, 2.05) is 98.8 Å². The molecular formula is C21H21O2P2+. The standard InChI is InChI=1S/C21H20O2P2/c1-21(2,19-15-9-10-16-20(19)24-22)25(23,17-11-5-3-6-12-17)18-13-7-4-8-14-18/h3-16H,1-2H3/p+1. The van der Waals surface area contributed by atoms with Crippen molar-refractivity contribution in [3.05, 3.63) is 90.5 Å². The van der Waals surface area contributed by atoms with Crippen LogP contribution in [0.2, 0.25) is 0 Å². The quantitative estimate of drug-likeness (QED) is 0.619. The molecule has 126 valence electrons. The van der Waals surface area contributed by atoms with Crippen LogP contribution in [0.25, 0.3) is 0 Å². The summed E-state index contributed by atoms with van der Waals surface area (Å²) in [5.41, 5.74) is 0.874. The monoisotopic (exact) mass is 367 g/mol. The van der Waals surface area contributed by atoms with Crippen LogP contribution < -0.4 is 15.9 Å². The molecule has 3 rings (SSSR count). The average molecular weight is 367 g/mol. The van der Waals surface area contributed by atoms with Crippen LogP contribution >= 0.6 is 15.6 Å². The fraction of sp³-hybridized carbons (Fsp3) is 0.143. The lowest BCUT2D eigenvalue weighted by atomic mass is 10.0. The van der Waals surface area contributed by atoms with E-state index in [4.69, 9.17) is 0 Å². The third-order valence-corrected chi connectivity index (χ3v) is 9.24. The first-order valence-electron chi connectivity index (χ1n) is 8.21. The zero-order valence-corrected chi connectivity index (χ0v) is 16.2. The Hall–Kier alpha value is -2.01. The second-order valence-electron chi connectivity index (χ2n) is 6.49. The summed E-state index contributed by atoms with van der Waals surface area (Å²) in [5.74, 6) is 0. The fourth-order valence-corrected chi connectivity index (χ4v) is 7.43. The van der Waals surface area contributed by atoms with Crippen LogP contribution in [0.15, 0.2) is 84.9 Å². The molecule has 0 bridgehead atoms. The first-order valence-corrected chi connectivity index (χ1v) is 10.8. The molecule has 3 aromatic rings. The van der Waals surface area contributed by atoms with E-state index in [1.54, 1.807) is 0 Å². The summed E-state index contributed by atoms with van der Waals surface area (Å²) in [6, 6.07) is 26.8. The van der Waals surface area contributed by atoms with Gasteiger partial charge in [-0.1, -0.05) is 83.4 Å². The van der Waals surface area contributed by atoms with Gasteiger partial charge in [-0.15, -0.1) is 0 Å². The number of hydrogen-bond donors (Lipinski definition) is 0. The van der Waals surface area contributed by atoms with Gasteiger partial charge in [-0.2, -0.15) is 0 Å². The summed E-state index contributed by atoms with van der Waals surface area (Å²) >= 11 is 0. The highest BCUT2D eigenvalue weighted by Gasteiger charge is 2.46. The van der Waals surface area contributed by atoms with Crippen molar-refractivity contribution in [2.75, 3.05) is 0 Å². The number of rotatable bonds is 5. The molecule has 0 N–H and O–H groups in total. The SMILES string of the molecule is CC(C)(c1ccccc1[PH+]=O)P(=O)(c1ccccc1)c1ccccc1. The average Bonchev–Trinajstić information content (AvgIpc) is 2.68. The van der Waals surface area contributed by atoms with E-state index in [0.29, 0.717) is 0 Å². The second-order valence-corrected chi connectivity index (χ2v) is 10.6. The van der Waals surface area contributed by atoms with E-state index < -0.39 is 20.8 Å². The molecule has 0 spiro atoms. The second kappa shape index (κ2) is 7.08. The van der Waals surface area contributed by atoms with Gasteiger partial charge in [0.15, 0.2) is 12.4 Å². The van der Waals surface area contributed by atoms with Crippen LogP contribution in [0, 0.1) is 0 Å². The minimum absolute atomic E-state index is 0.574. The van der Waals surface area contributed by atoms with Gasteiger partial charge in [0.2, 0.25) is 0 Å². The first kappa shape index (κ1) is 17.8. The molecule has 0 aliphatic rings. The van der Waals surface area contributed by atoms with Gasteiger partial charge >= 0.3 is 8.46 Å². The molecule has 1 atom stereocenters. The van der Waals surface area contributed by atoms with E-state index in [0.717, 1.165) is 21.5 Å². The van der Waals surface area contributed by atoms with Crippen molar-refractivity contribution in [1.29, 1.82) is 0 Å². The molecule has 25 heavy (non-hydrogen) atoms. The summed E-state index contributed by atoms with van der Waals surface area (Å²) in [4.78, 5) is 0.